The van der Waals surface area contributed by atoms with E-state index < -0.39 is 5.91 Å². The number of ether oxygens (including phenoxy) is 1. The van der Waals surface area contributed by atoms with Crippen LogP contribution in [0.1, 0.15) is 31.7 Å². The minimum Gasteiger partial charge on any atom is -0.484 e. The van der Waals surface area contributed by atoms with Crippen LogP contribution >= 0.6 is 0 Å². The highest BCUT2D eigenvalue weighted by atomic mass is 16.5. The lowest BCUT2D eigenvalue weighted by molar-refractivity contribution is -0.119. The third-order valence-electron chi connectivity index (χ3n) is 4.78. The fourth-order valence-corrected chi connectivity index (χ4v) is 3.10. The fraction of sp³-hybridized carbons (Fsp3) is 0.600. The number of carbonyl (C=O) groups is 1. The molecule has 2 rings (SSSR count). The first kappa shape index (κ1) is 21.0. The van der Waals surface area contributed by atoms with E-state index in [0.29, 0.717) is 12.3 Å². The van der Waals surface area contributed by atoms with Crippen molar-refractivity contribution in [3.05, 3.63) is 29.8 Å². The summed E-state index contributed by atoms with van der Waals surface area (Å²) in [6, 6.07) is 7.58. The average Bonchev–Trinajstić information content (AvgIpc) is 2.67. The van der Waals surface area contributed by atoms with Crippen LogP contribution in [0.4, 0.5) is 0 Å². The molecule has 0 aromatic heterocycles. The summed E-state index contributed by atoms with van der Waals surface area (Å²) in [6.07, 6.45) is 3.74. The molecule has 0 atom stereocenters. The molecular weight excluding hydrogens is 342 g/mol. The van der Waals surface area contributed by atoms with Crippen molar-refractivity contribution in [1.29, 1.82) is 0 Å². The van der Waals surface area contributed by atoms with Crippen molar-refractivity contribution in [3.63, 3.8) is 0 Å². The van der Waals surface area contributed by atoms with E-state index in [-0.39, 0.29) is 6.61 Å². The number of benzene rings is 1. The number of carbonyl (C=O) groups excluding carboxylic acids is 1. The zero-order valence-corrected chi connectivity index (χ0v) is 16.5. The Morgan fingerprint density at radius 2 is 2.11 bits per heavy atom. The molecule has 0 aliphatic carbocycles. The monoisotopic (exact) mass is 375 g/mol. The van der Waals surface area contributed by atoms with Gasteiger partial charge in [-0.2, -0.15) is 0 Å². The third kappa shape index (κ3) is 8.30. The largest absolute Gasteiger partial charge is 0.484 e. The van der Waals surface area contributed by atoms with Crippen LogP contribution in [0.5, 0.6) is 5.75 Å². The van der Waals surface area contributed by atoms with E-state index in [0.717, 1.165) is 37.0 Å². The smallest absolute Gasteiger partial charge is 0.255 e. The first-order valence-electron chi connectivity index (χ1n) is 9.73. The van der Waals surface area contributed by atoms with Gasteiger partial charge in [-0.15, -0.1) is 0 Å². The third-order valence-corrected chi connectivity index (χ3v) is 4.78. The number of piperidine rings is 1. The predicted molar refractivity (Wildman–Crippen MR) is 109 cm³/mol. The van der Waals surface area contributed by atoms with Crippen LogP contribution in [0.2, 0.25) is 0 Å². The molecule has 0 radical (unpaired) electrons. The molecule has 1 aromatic carbocycles. The van der Waals surface area contributed by atoms with E-state index in [9.17, 15) is 4.79 Å². The normalized spacial score (nSPS) is 16.1. The van der Waals surface area contributed by atoms with Gasteiger partial charge in [0.1, 0.15) is 5.75 Å². The second-order valence-corrected chi connectivity index (χ2v) is 7.13. The van der Waals surface area contributed by atoms with Crippen molar-refractivity contribution >= 4 is 11.9 Å². The first-order valence-corrected chi connectivity index (χ1v) is 9.73. The van der Waals surface area contributed by atoms with Crippen molar-refractivity contribution in [2.75, 3.05) is 39.8 Å². The van der Waals surface area contributed by atoms with Gasteiger partial charge in [0.2, 0.25) is 0 Å². The van der Waals surface area contributed by atoms with E-state index in [2.05, 4.69) is 27.4 Å². The SMILES string of the molecule is CN=C(NCCCN1CCC(C)CC1)NCc1cccc(OCC(N)=O)c1. The lowest BCUT2D eigenvalue weighted by Crippen LogP contribution is -2.39. The first-order chi connectivity index (χ1) is 13.1. The number of guanidine groups is 1. The molecule has 0 bridgehead atoms. The average molecular weight is 376 g/mol. The molecular formula is C20H33N5O2. The highest BCUT2D eigenvalue weighted by Gasteiger charge is 2.14. The standard InChI is InChI=1S/C20H33N5O2/c1-16-7-11-25(12-8-16)10-4-9-23-20(22-2)24-14-17-5-3-6-18(13-17)27-15-19(21)26/h3,5-6,13,16H,4,7-12,14-15H2,1-2H3,(H2,21,26)(H2,22,23,24). The van der Waals surface area contributed by atoms with Crippen molar-refractivity contribution < 1.29 is 9.53 Å². The number of hydrogen-bond acceptors (Lipinski definition) is 4. The summed E-state index contributed by atoms with van der Waals surface area (Å²) in [5, 5.41) is 6.66. The Hall–Kier alpha value is -2.28. The Morgan fingerprint density at radius 1 is 1.33 bits per heavy atom. The number of aliphatic imine (C=N–C) groups is 1. The highest BCUT2D eigenvalue weighted by molar-refractivity contribution is 5.79. The summed E-state index contributed by atoms with van der Waals surface area (Å²) in [7, 11) is 1.77. The van der Waals surface area contributed by atoms with Crippen LogP contribution in [-0.4, -0.2) is 56.6 Å². The Bertz CT molecular complexity index is 612. The van der Waals surface area contributed by atoms with Gasteiger partial charge in [0, 0.05) is 20.1 Å². The number of primary amides is 1. The lowest BCUT2D eigenvalue weighted by Gasteiger charge is -2.30. The molecule has 150 valence electrons. The number of hydrogen-bond donors (Lipinski definition) is 3. The number of likely N-dealkylation sites (tertiary alicyclic amines) is 1. The number of rotatable bonds is 9. The molecule has 0 unspecified atom stereocenters. The van der Waals surface area contributed by atoms with Gasteiger partial charge in [0.15, 0.2) is 12.6 Å². The summed E-state index contributed by atoms with van der Waals surface area (Å²) in [6.45, 7) is 7.33. The lowest BCUT2D eigenvalue weighted by atomic mass is 9.99. The maximum absolute atomic E-state index is 10.8. The number of nitrogens with two attached hydrogens (primary N) is 1. The Balaban J connectivity index is 1.66. The Labute approximate surface area is 162 Å². The number of nitrogens with one attached hydrogen (secondary N) is 2. The van der Waals surface area contributed by atoms with Gasteiger partial charge in [-0.25, -0.2) is 0 Å². The Morgan fingerprint density at radius 3 is 2.81 bits per heavy atom. The number of amides is 1. The summed E-state index contributed by atoms with van der Waals surface area (Å²) < 4.78 is 5.33. The van der Waals surface area contributed by atoms with Crippen molar-refractivity contribution in [2.45, 2.75) is 32.7 Å². The highest BCUT2D eigenvalue weighted by Crippen LogP contribution is 2.15. The minimum atomic E-state index is -0.484. The molecule has 4 N–H and O–H groups in total. The molecule has 27 heavy (non-hydrogen) atoms. The molecule has 1 heterocycles. The molecule has 0 spiro atoms. The second kappa shape index (κ2) is 11.4. The van der Waals surface area contributed by atoms with Gasteiger partial charge < -0.3 is 26.0 Å². The summed E-state index contributed by atoms with van der Waals surface area (Å²) in [5.41, 5.74) is 6.15. The van der Waals surface area contributed by atoms with Gasteiger partial charge in [-0.05, 0) is 62.5 Å². The van der Waals surface area contributed by atoms with Gasteiger partial charge in [-0.1, -0.05) is 19.1 Å². The molecule has 1 aliphatic rings. The van der Waals surface area contributed by atoms with Crippen molar-refractivity contribution in [2.24, 2.45) is 16.6 Å². The van der Waals surface area contributed by atoms with Crippen molar-refractivity contribution in [3.8, 4) is 5.75 Å². The molecule has 1 amide bonds. The van der Waals surface area contributed by atoms with Crippen molar-refractivity contribution in [1.82, 2.24) is 15.5 Å². The van der Waals surface area contributed by atoms with Crippen LogP contribution < -0.4 is 21.1 Å². The molecule has 1 aromatic rings. The van der Waals surface area contributed by atoms with Crippen LogP contribution in [0.25, 0.3) is 0 Å². The summed E-state index contributed by atoms with van der Waals surface area (Å²) in [5.74, 6) is 1.81. The van der Waals surface area contributed by atoms with Crippen LogP contribution in [0.3, 0.4) is 0 Å². The maximum Gasteiger partial charge on any atom is 0.255 e. The fourth-order valence-electron chi connectivity index (χ4n) is 3.10. The van der Waals surface area contributed by atoms with Crippen LogP contribution in [0.15, 0.2) is 29.3 Å². The zero-order valence-electron chi connectivity index (χ0n) is 16.5. The predicted octanol–water partition coefficient (Wildman–Crippen LogP) is 1.34. The van der Waals surface area contributed by atoms with E-state index >= 15 is 0 Å². The maximum atomic E-state index is 10.8. The van der Waals surface area contributed by atoms with E-state index in [1.807, 2.05) is 18.2 Å². The van der Waals surface area contributed by atoms with Gasteiger partial charge in [-0.3, -0.25) is 9.79 Å². The zero-order chi connectivity index (χ0) is 19.5. The topological polar surface area (TPSA) is 92.0 Å². The van der Waals surface area contributed by atoms with Gasteiger partial charge >= 0.3 is 0 Å². The van der Waals surface area contributed by atoms with Crippen LogP contribution in [0, 0.1) is 5.92 Å². The van der Waals surface area contributed by atoms with Crippen LogP contribution in [-0.2, 0) is 11.3 Å². The quantitative estimate of drug-likeness (QED) is 0.344. The van der Waals surface area contributed by atoms with E-state index in [1.54, 1.807) is 13.1 Å². The van der Waals surface area contributed by atoms with E-state index in [4.69, 9.17) is 10.5 Å². The molecule has 1 aliphatic heterocycles. The summed E-state index contributed by atoms with van der Waals surface area (Å²) in [4.78, 5) is 17.6. The Kier molecular flexibility index (Phi) is 8.91. The molecule has 7 heteroatoms. The minimum absolute atomic E-state index is 0.115. The molecule has 0 saturated carbocycles. The van der Waals surface area contributed by atoms with Gasteiger partial charge in [0.25, 0.3) is 5.91 Å². The summed E-state index contributed by atoms with van der Waals surface area (Å²) >= 11 is 0. The van der Waals surface area contributed by atoms with Gasteiger partial charge in [0.05, 0.1) is 0 Å². The molecule has 7 nitrogen and oxygen atoms in total. The second-order valence-electron chi connectivity index (χ2n) is 7.13. The van der Waals surface area contributed by atoms with E-state index in [1.165, 1.54) is 25.9 Å². The molecule has 1 fully saturated rings. The number of nitrogens with zero attached hydrogens (tertiary/aromatic N) is 2. The molecule has 1 saturated heterocycles.